The molecule has 0 saturated carbocycles. The van der Waals surface area contributed by atoms with Crippen molar-refractivity contribution >= 4 is 0 Å². The second kappa shape index (κ2) is 8.60. The topological polar surface area (TPSA) is 25.8 Å². The Morgan fingerprint density at radius 2 is 0.719 bits per heavy atom. The van der Waals surface area contributed by atoms with E-state index in [1.807, 2.05) is 12.1 Å². The van der Waals surface area contributed by atoms with Crippen molar-refractivity contribution in [2.45, 2.75) is 13.8 Å². The van der Waals surface area contributed by atoms with Crippen LogP contribution in [0, 0.1) is 13.8 Å². The molecule has 0 N–H and O–H groups in total. The van der Waals surface area contributed by atoms with Crippen molar-refractivity contribution in [1.82, 2.24) is 9.97 Å². The molecular weight excluding hydrogens is 388 g/mol. The molecule has 0 radical (unpaired) electrons. The van der Waals surface area contributed by atoms with E-state index < -0.39 is 0 Å². The average molecular weight is 413 g/mol. The summed E-state index contributed by atoms with van der Waals surface area (Å²) in [6, 6.07) is 37.6. The number of hydrogen-bond acceptors (Lipinski definition) is 2. The fourth-order valence-corrected chi connectivity index (χ4v) is 4.02. The van der Waals surface area contributed by atoms with Gasteiger partial charge in [-0.1, -0.05) is 108 Å². The summed E-state index contributed by atoms with van der Waals surface area (Å²) >= 11 is 0. The molecule has 1 heterocycles. The first-order valence-corrected chi connectivity index (χ1v) is 10.9. The van der Waals surface area contributed by atoms with Gasteiger partial charge in [-0.25, -0.2) is 9.97 Å². The molecule has 0 aliphatic carbocycles. The Kier molecular flexibility index (Phi) is 5.35. The highest BCUT2D eigenvalue weighted by Crippen LogP contribution is 2.37. The van der Waals surface area contributed by atoms with Crippen LogP contribution in [0.25, 0.3) is 45.0 Å². The van der Waals surface area contributed by atoms with Gasteiger partial charge in [-0.2, -0.15) is 0 Å². The molecule has 0 amide bonds. The number of benzene rings is 4. The van der Waals surface area contributed by atoms with Crippen LogP contribution in [0.5, 0.6) is 0 Å². The molecular formula is C30H24N2. The van der Waals surface area contributed by atoms with E-state index in [1.165, 1.54) is 11.1 Å². The van der Waals surface area contributed by atoms with Crippen molar-refractivity contribution < 1.29 is 0 Å². The van der Waals surface area contributed by atoms with E-state index in [0.29, 0.717) is 0 Å². The molecule has 5 rings (SSSR count). The van der Waals surface area contributed by atoms with E-state index in [9.17, 15) is 0 Å². The molecule has 0 unspecified atom stereocenters. The van der Waals surface area contributed by atoms with Crippen molar-refractivity contribution in [3.05, 3.63) is 120 Å². The maximum atomic E-state index is 5.27. The van der Waals surface area contributed by atoms with Crippen LogP contribution in [-0.2, 0) is 0 Å². The highest BCUT2D eigenvalue weighted by molar-refractivity contribution is 5.86. The van der Waals surface area contributed by atoms with Gasteiger partial charge < -0.3 is 0 Å². The zero-order chi connectivity index (χ0) is 21.9. The lowest BCUT2D eigenvalue weighted by Crippen LogP contribution is -2.01. The molecule has 4 aromatic carbocycles. The standard InChI is InChI=1S/C30H24N2/c1-21-11-9-17-25(19-21)29-27(23-13-5-3-6-14-23)32-30(26-18-10-12-22(2)20-26)28(31-29)24-15-7-4-8-16-24/h3-20H,1-2H3. The largest absolute Gasteiger partial charge is 0.243 e. The molecule has 0 aliphatic heterocycles. The number of aromatic nitrogens is 2. The molecule has 154 valence electrons. The predicted octanol–water partition coefficient (Wildman–Crippen LogP) is 7.76. The van der Waals surface area contributed by atoms with Crippen LogP contribution in [0.1, 0.15) is 11.1 Å². The highest BCUT2D eigenvalue weighted by Gasteiger charge is 2.19. The molecule has 0 spiro atoms. The Morgan fingerprint density at radius 3 is 1.09 bits per heavy atom. The number of rotatable bonds is 4. The average Bonchev–Trinajstić information content (AvgIpc) is 2.84. The first kappa shape index (κ1) is 19.9. The van der Waals surface area contributed by atoms with Gasteiger partial charge in [-0.3, -0.25) is 0 Å². The van der Waals surface area contributed by atoms with Crippen LogP contribution in [0.2, 0.25) is 0 Å². The van der Waals surface area contributed by atoms with Crippen LogP contribution in [0.15, 0.2) is 109 Å². The van der Waals surface area contributed by atoms with Gasteiger partial charge in [-0.05, 0) is 26.0 Å². The van der Waals surface area contributed by atoms with Gasteiger partial charge in [0.1, 0.15) is 0 Å². The quantitative estimate of drug-likeness (QED) is 0.301. The zero-order valence-corrected chi connectivity index (χ0v) is 18.3. The monoisotopic (exact) mass is 412 g/mol. The number of nitrogens with zero attached hydrogens (tertiary/aromatic N) is 2. The summed E-state index contributed by atoms with van der Waals surface area (Å²) < 4.78 is 0. The summed E-state index contributed by atoms with van der Waals surface area (Å²) in [4.78, 5) is 10.5. The minimum Gasteiger partial charge on any atom is -0.243 e. The number of hydrogen-bond donors (Lipinski definition) is 0. The molecule has 2 heteroatoms. The maximum Gasteiger partial charge on any atom is 0.0973 e. The van der Waals surface area contributed by atoms with Gasteiger partial charge in [0.05, 0.1) is 22.8 Å². The zero-order valence-electron chi connectivity index (χ0n) is 18.3. The summed E-state index contributed by atoms with van der Waals surface area (Å²) in [6.45, 7) is 4.22. The van der Waals surface area contributed by atoms with Crippen LogP contribution in [0.4, 0.5) is 0 Å². The lowest BCUT2D eigenvalue weighted by molar-refractivity contribution is 1.21. The Balaban J connectivity index is 1.86. The normalized spacial score (nSPS) is 10.8. The number of aryl methyl sites for hydroxylation is 2. The molecule has 1 aromatic heterocycles. The predicted molar refractivity (Wildman–Crippen MR) is 133 cm³/mol. The van der Waals surface area contributed by atoms with Gasteiger partial charge in [0.15, 0.2) is 0 Å². The van der Waals surface area contributed by atoms with Crippen LogP contribution >= 0.6 is 0 Å². The summed E-state index contributed by atoms with van der Waals surface area (Å²) in [5.74, 6) is 0. The molecule has 0 bridgehead atoms. The van der Waals surface area contributed by atoms with Crippen molar-refractivity contribution in [1.29, 1.82) is 0 Å². The van der Waals surface area contributed by atoms with Crippen LogP contribution in [0.3, 0.4) is 0 Å². The van der Waals surface area contributed by atoms with Crippen molar-refractivity contribution in [2.75, 3.05) is 0 Å². The summed E-state index contributed by atoms with van der Waals surface area (Å²) in [6.07, 6.45) is 0. The second-order valence-corrected chi connectivity index (χ2v) is 8.09. The van der Waals surface area contributed by atoms with Crippen molar-refractivity contribution in [2.24, 2.45) is 0 Å². The second-order valence-electron chi connectivity index (χ2n) is 8.09. The van der Waals surface area contributed by atoms with Crippen molar-refractivity contribution in [3.8, 4) is 45.0 Å². The molecule has 0 aliphatic rings. The van der Waals surface area contributed by atoms with E-state index in [-0.39, 0.29) is 0 Å². The Morgan fingerprint density at radius 1 is 0.375 bits per heavy atom. The fraction of sp³-hybridized carbons (Fsp3) is 0.0667. The Hall–Kier alpha value is -4.04. The SMILES string of the molecule is Cc1cccc(-c2nc(-c3ccccc3)c(-c3cccc(C)c3)nc2-c2ccccc2)c1. The Bertz CT molecular complexity index is 1260. The molecule has 0 saturated heterocycles. The first-order chi connectivity index (χ1) is 15.7. The Labute approximate surface area is 189 Å². The van der Waals surface area contributed by atoms with E-state index >= 15 is 0 Å². The maximum absolute atomic E-state index is 5.27. The lowest BCUT2D eigenvalue weighted by Gasteiger charge is -2.16. The van der Waals surface area contributed by atoms with Crippen LogP contribution < -0.4 is 0 Å². The summed E-state index contributed by atoms with van der Waals surface area (Å²) in [7, 11) is 0. The third-order valence-electron chi connectivity index (χ3n) is 5.57. The van der Waals surface area contributed by atoms with Gasteiger partial charge in [0.25, 0.3) is 0 Å². The fourth-order valence-electron chi connectivity index (χ4n) is 4.02. The minimum absolute atomic E-state index is 0.896. The van der Waals surface area contributed by atoms with E-state index in [4.69, 9.17) is 9.97 Å². The van der Waals surface area contributed by atoms with E-state index in [2.05, 4.69) is 111 Å². The molecule has 2 nitrogen and oxygen atoms in total. The smallest absolute Gasteiger partial charge is 0.0973 e. The summed E-state index contributed by atoms with van der Waals surface area (Å²) in [5, 5.41) is 0. The molecule has 0 atom stereocenters. The minimum atomic E-state index is 0.896. The third-order valence-corrected chi connectivity index (χ3v) is 5.57. The lowest BCUT2D eigenvalue weighted by atomic mass is 9.98. The van der Waals surface area contributed by atoms with Gasteiger partial charge in [0, 0.05) is 22.3 Å². The molecule has 5 aromatic rings. The van der Waals surface area contributed by atoms with Gasteiger partial charge >= 0.3 is 0 Å². The highest BCUT2D eigenvalue weighted by atomic mass is 14.9. The van der Waals surface area contributed by atoms with Crippen LogP contribution in [-0.4, -0.2) is 9.97 Å². The van der Waals surface area contributed by atoms with Crippen molar-refractivity contribution in [3.63, 3.8) is 0 Å². The molecule has 0 fully saturated rings. The summed E-state index contributed by atoms with van der Waals surface area (Å²) in [5.41, 5.74) is 10.3. The van der Waals surface area contributed by atoms with Gasteiger partial charge in [-0.15, -0.1) is 0 Å². The molecule has 32 heavy (non-hydrogen) atoms. The van der Waals surface area contributed by atoms with E-state index in [0.717, 1.165) is 45.0 Å². The first-order valence-electron chi connectivity index (χ1n) is 10.9. The third kappa shape index (κ3) is 3.95. The van der Waals surface area contributed by atoms with E-state index in [1.54, 1.807) is 0 Å². The van der Waals surface area contributed by atoms with Gasteiger partial charge in [0.2, 0.25) is 0 Å².